The largest absolute Gasteiger partial charge is 0.361 e. The zero-order chi connectivity index (χ0) is 10.9. The first-order chi connectivity index (χ1) is 6.87. The highest BCUT2D eigenvalue weighted by Crippen LogP contribution is 2.70. The predicted octanol–water partition coefficient (Wildman–Crippen LogP) is 3.68. The summed E-state index contributed by atoms with van der Waals surface area (Å²) in [5.74, 6) is 2.23. The minimum Gasteiger partial charge on any atom is -0.361 e. The van der Waals surface area contributed by atoms with Crippen molar-refractivity contribution in [2.24, 2.45) is 16.7 Å². The Morgan fingerprint density at radius 3 is 2.60 bits per heavy atom. The smallest absolute Gasteiger partial charge is 0.108 e. The van der Waals surface area contributed by atoms with Crippen molar-refractivity contribution in [2.45, 2.75) is 58.0 Å². The second kappa shape index (κ2) is 2.76. The van der Waals surface area contributed by atoms with Crippen LogP contribution in [0.25, 0.3) is 0 Å². The van der Waals surface area contributed by atoms with Gasteiger partial charge in [0.25, 0.3) is 0 Å². The molecule has 0 amide bonds. The van der Waals surface area contributed by atoms with E-state index >= 15 is 0 Å². The summed E-state index contributed by atoms with van der Waals surface area (Å²) in [5, 5.41) is 0. The van der Waals surface area contributed by atoms with Crippen LogP contribution in [0.3, 0.4) is 0 Å². The third-order valence-electron chi connectivity index (χ3n) is 5.46. The molecule has 1 spiro atoms. The van der Waals surface area contributed by atoms with Gasteiger partial charge in [-0.15, -0.1) is 11.8 Å². The molecule has 1 heterocycles. The number of ether oxygens (including phenoxy) is 1. The van der Waals surface area contributed by atoms with Crippen LogP contribution in [0.2, 0.25) is 0 Å². The lowest BCUT2D eigenvalue weighted by atomic mass is 9.69. The molecule has 3 fully saturated rings. The van der Waals surface area contributed by atoms with Gasteiger partial charge in [0.15, 0.2) is 0 Å². The van der Waals surface area contributed by atoms with Crippen molar-refractivity contribution in [1.29, 1.82) is 0 Å². The molecule has 0 unspecified atom stereocenters. The number of rotatable bonds is 0. The molecule has 3 atom stereocenters. The quantitative estimate of drug-likeness (QED) is 0.623. The maximum Gasteiger partial charge on any atom is 0.108 e. The minimum atomic E-state index is 0.0521. The molecule has 2 bridgehead atoms. The standard InChI is InChI=1S/C13H22OS/c1-11(2)9-5-6-13(11)8-15-12(3,4)14-10(13)7-9/h9-10H,5-8H2,1-4H3/t9-,10-,13-/m1/s1. The summed E-state index contributed by atoms with van der Waals surface area (Å²) in [7, 11) is 0. The average molecular weight is 226 g/mol. The van der Waals surface area contributed by atoms with E-state index in [0.717, 1.165) is 5.92 Å². The molecule has 2 heteroatoms. The average Bonchev–Trinajstić information content (AvgIpc) is 2.48. The fourth-order valence-corrected chi connectivity index (χ4v) is 5.68. The van der Waals surface area contributed by atoms with Crippen LogP contribution in [0.4, 0.5) is 0 Å². The Kier molecular flexibility index (Phi) is 1.92. The lowest BCUT2D eigenvalue weighted by Crippen LogP contribution is -2.49. The van der Waals surface area contributed by atoms with Crippen LogP contribution in [0.1, 0.15) is 47.0 Å². The summed E-state index contributed by atoms with van der Waals surface area (Å²) in [4.78, 5) is 0.0521. The van der Waals surface area contributed by atoms with Gasteiger partial charge in [0.2, 0.25) is 0 Å². The van der Waals surface area contributed by atoms with Gasteiger partial charge in [-0.25, -0.2) is 0 Å². The normalized spacial score (nSPS) is 50.4. The van der Waals surface area contributed by atoms with Gasteiger partial charge in [0.1, 0.15) is 4.93 Å². The van der Waals surface area contributed by atoms with E-state index in [1.54, 1.807) is 0 Å². The lowest BCUT2D eigenvalue weighted by molar-refractivity contribution is -0.0977. The van der Waals surface area contributed by atoms with Crippen molar-refractivity contribution >= 4 is 11.8 Å². The van der Waals surface area contributed by atoms with Gasteiger partial charge in [-0.05, 0) is 44.4 Å². The van der Waals surface area contributed by atoms with E-state index in [4.69, 9.17) is 4.74 Å². The Morgan fingerprint density at radius 2 is 1.93 bits per heavy atom. The zero-order valence-electron chi connectivity index (χ0n) is 10.3. The molecule has 0 N–H and O–H groups in total. The summed E-state index contributed by atoms with van der Waals surface area (Å²) in [6.07, 6.45) is 4.70. The van der Waals surface area contributed by atoms with E-state index in [2.05, 4.69) is 27.7 Å². The van der Waals surface area contributed by atoms with Crippen LogP contribution in [0.15, 0.2) is 0 Å². The summed E-state index contributed by atoms with van der Waals surface area (Å²) in [6, 6.07) is 0. The highest BCUT2D eigenvalue weighted by molar-refractivity contribution is 8.00. The molecule has 0 aromatic carbocycles. The van der Waals surface area contributed by atoms with Crippen molar-refractivity contribution in [1.82, 2.24) is 0 Å². The van der Waals surface area contributed by atoms with Crippen molar-refractivity contribution in [3.05, 3.63) is 0 Å². The van der Waals surface area contributed by atoms with Gasteiger partial charge in [-0.2, -0.15) is 0 Å². The third kappa shape index (κ3) is 1.16. The zero-order valence-corrected chi connectivity index (χ0v) is 11.1. The fourth-order valence-electron chi connectivity index (χ4n) is 4.18. The molecular weight excluding hydrogens is 204 g/mol. The number of hydrogen-bond donors (Lipinski definition) is 0. The Balaban J connectivity index is 1.96. The first-order valence-electron chi connectivity index (χ1n) is 6.19. The van der Waals surface area contributed by atoms with Crippen LogP contribution in [-0.4, -0.2) is 16.8 Å². The number of fused-ring (bicyclic) bond motifs is 1. The van der Waals surface area contributed by atoms with E-state index in [9.17, 15) is 0 Å². The Labute approximate surface area is 97.3 Å². The maximum absolute atomic E-state index is 6.32. The van der Waals surface area contributed by atoms with E-state index in [-0.39, 0.29) is 4.93 Å². The third-order valence-corrected chi connectivity index (χ3v) is 6.91. The van der Waals surface area contributed by atoms with Crippen LogP contribution in [-0.2, 0) is 4.74 Å². The van der Waals surface area contributed by atoms with Crippen LogP contribution >= 0.6 is 11.8 Å². The predicted molar refractivity (Wildman–Crippen MR) is 65.0 cm³/mol. The van der Waals surface area contributed by atoms with Crippen molar-refractivity contribution in [3.8, 4) is 0 Å². The van der Waals surface area contributed by atoms with Gasteiger partial charge in [0.05, 0.1) is 6.10 Å². The molecule has 1 nitrogen and oxygen atoms in total. The van der Waals surface area contributed by atoms with E-state index in [1.807, 2.05) is 11.8 Å². The Morgan fingerprint density at radius 1 is 1.20 bits per heavy atom. The highest BCUT2D eigenvalue weighted by Gasteiger charge is 2.66. The topological polar surface area (TPSA) is 9.23 Å². The first-order valence-corrected chi connectivity index (χ1v) is 7.18. The van der Waals surface area contributed by atoms with Gasteiger partial charge in [0, 0.05) is 11.2 Å². The summed E-state index contributed by atoms with van der Waals surface area (Å²) in [6.45, 7) is 9.41. The maximum atomic E-state index is 6.32. The molecule has 0 radical (unpaired) electrons. The fraction of sp³-hybridized carbons (Fsp3) is 1.00. The first kappa shape index (κ1) is 10.5. The van der Waals surface area contributed by atoms with Crippen molar-refractivity contribution in [3.63, 3.8) is 0 Å². The van der Waals surface area contributed by atoms with Crippen molar-refractivity contribution < 1.29 is 4.74 Å². The summed E-state index contributed by atoms with van der Waals surface area (Å²) < 4.78 is 6.32. The molecular formula is C13H22OS. The summed E-state index contributed by atoms with van der Waals surface area (Å²) >= 11 is 2.03. The molecule has 1 aliphatic heterocycles. The number of hydrogen-bond acceptors (Lipinski definition) is 2. The van der Waals surface area contributed by atoms with Crippen LogP contribution in [0, 0.1) is 16.7 Å². The Bertz CT molecular complexity index is 297. The monoisotopic (exact) mass is 226 g/mol. The molecule has 2 saturated carbocycles. The minimum absolute atomic E-state index is 0.0521. The molecule has 0 aromatic rings. The van der Waals surface area contributed by atoms with E-state index < -0.39 is 0 Å². The second-order valence-electron chi connectivity index (χ2n) is 6.64. The molecule has 2 aliphatic carbocycles. The molecule has 0 aromatic heterocycles. The second-order valence-corrected chi connectivity index (χ2v) is 8.20. The van der Waals surface area contributed by atoms with Crippen molar-refractivity contribution in [2.75, 3.05) is 5.75 Å². The lowest BCUT2D eigenvalue weighted by Gasteiger charge is -2.50. The molecule has 1 saturated heterocycles. The van der Waals surface area contributed by atoms with Crippen LogP contribution < -0.4 is 0 Å². The number of thioether (sulfide) groups is 1. The van der Waals surface area contributed by atoms with Gasteiger partial charge in [-0.3, -0.25) is 0 Å². The summed E-state index contributed by atoms with van der Waals surface area (Å²) in [5.41, 5.74) is 1.01. The van der Waals surface area contributed by atoms with Crippen LogP contribution in [0.5, 0.6) is 0 Å². The van der Waals surface area contributed by atoms with Gasteiger partial charge in [-0.1, -0.05) is 13.8 Å². The van der Waals surface area contributed by atoms with Gasteiger partial charge < -0.3 is 4.74 Å². The molecule has 3 rings (SSSR count). The molecule has 15 heavy (non-hydrogen) atoms. The highest BCUT2D eigenvalue weighted by atomic mass is 32.2. The Hall–Kier alpha value is 0.310. The van der Waals surface area contributed by atoms with E-state index in [1.165, 1.54) is 25.0 Å². The molecule has 3 aliphatic rings. The SMILES string of the molecule is CC1(C)O[C@@H]2C[C@H]3CC[C@]2(CS1)C3(C)C. The van der Waals surface area contributed by atoms with Gasteiger partial charge >= 0.3 is 0 Å². The molecule has 86 valence electrons. The van der Waals surface area contributed by atoms with E-state index in [0.29, 0.717) is 16.9 Å².